The monoisotopic (exact) mass is 185 g/mol. The van der Waals surface area contributed by atoms with Crippen LogP contribution in [0.1, 0.15) is 26.7 Å². The van der Waals surface area contributed by atoms with Gasteiger partial charge in [-0.3, -0.25) is 4.79 Å². The molecule has 0 saturated carbocycles. The van der Waals surface area contributed by atoms with Crippen molar-refractivity contribution in [3.63, 3.8) is 0 Å². The Kier molecular flexibility index (Phi) is 2.90. The van der Waals surface area contributed by atoms with E-state index < -0.39 is 0 Å². The quantitative estimate of drug-likeness (QED) is 0.590. The zero-order valence-electron chi connectivity index (χ0n) is 8.24. The molecule has 1 amide bonds. The zero-order chi connectivity index (χ0) is 10.0. The first-order valence-corrected chi connectivity index (χ1v) is 4.47. The third-order valence-corrected chi connectivity index (χ3v) is 2.29. The maximum atomic E-state index is 11.4. The molecule has 0 aromatic rings. The van der Waals surface area contributed by atoms with Crippen molar-refractivity contribution in [3.8, 4) is 0 Å². The van der Waals surface area contributed by atoms with E-state index in [-0.39, 0.29) is 24.0 Å². The maximum absolute atomic E-state index is 11.4. The number of methoxy groups -OCH3 is 1. The molecular formula is C9H15NO3. The molecule has 4 nitrogen and oxygen atoms in total. The lowest BCUT2D eigenvalue weighted by molar-refractivity contribution is -0.150. The van der Waals surface area contributed by atoms with E-state index in [1.807, 2.05) is 13.8 Å². The number of carbonyl (C=O) groups excluding carboxylic acids is 2. The first kappa shape index (κ1) is 10.0. The zero-order valence-corrected chi connectivity index (χ0v) is 8.24. The van der Waals surface area contributed by atoms with Crippen molar-refractivity contribution >= 4 is 11.9 Å². The molecule has 1 aliphatic heterocycles. The van der Waals surface area contributed by atoms with E-state index in [4.69, 9.17) is 0 Å². The number of carbonyl (C=O) groups is 2. The first-order chi connectivity index (χ1) is 6.07. The number of hydrogen-bond donors (Lipinski definition) is 0. The standard InChI is InChI=1S/C9H15NO3/c1-6(2)10-7(9(12)13-3)4-5-8(10)11/h6-7H,4-5H2,1-3H3. The minimum atomic E-state index is -0.363. The number of amides is 1. The predicted molar refractivity (Wildman–Crippen MR) is 47.0 cm³/mol. The Hall–Kier alpha value is -1.06. The van der Waals surface area contributed by atoms with Gasteiger partial charge >= 0.3 is 5.97 Å². The fraction of sp³-hybridized carbons (Fsp3) is 0.778. The Morgan fingerprint density at radius 2 is 2.23 bits per heavy atom. The summed E-state index contributed by atoms with van der Waals surface area (Å²) in [4.78, 5) is 24.2. The molecule has 1 rings (SSSR count). The normalized spacial score (nSPS) is 22.6. The van der Waals surface area contributed by atoms with Crippen LogP contribution < -0.4 is 0 Å². The average molecular weight is 185 g/mol. The molecule has 1 fully saturated rings. The number of nitrogens with zero attached hydrogens (tertiary/aromatic N) is 1. The van der Waals surface area contributed by atoms with E-state index in [1.54, 1.807) is 4.90 Å². The predicted octanol–water partition coefficient (Wildman–Crippen LogP) is 0.559. The first-order valence-electron chi connectivity index (χ1n) is 4.47. The Balaban J connectivity index is 2.75. The largest absolute Gasteiger partial charge is 0.467 e. The highest BCUT2D eigenvalue weighted by atomic mass is 16.5. The summed E-state index contributed by atoms with van der Waals surface area (Å²) in [6.45, 7) is 3.80. The van der Waals surface area contributed by atoms with Crippen LogP contribution in [0.5, 0.6) is 0 Å². The summed E-state index contributed by atoms with van der Waals surface area (Å²) in [5, 5.41) is 0. The smallest absolute Gasteiger partial charge is 0.328 e. The second kappa shape index (κ2) is 3.77. The summed E-state index contributed by atoms with van der Waals surface area (Å²) >= 11 is 0. The van der Waals surface area contributed by atoms with Gasteiger partial charge in [0.15, 0.2) is 0 Å². The summed E-state index contributed by atoms with van der Waals surface area (Å²) in [6.07, 6.45) is 1.04. The molecule has 4 heteroatoms. The summed E-state index contributed by atoms with van der Waals surface area (Å²) in [5.74, 6) is -0.259. The number of hydrogen-bond acceptors (Lipinski definition) is 3. The molecule has 0 radical (unpaired) electrons. The highest BCUT2D eigenvalue weighted by Gasteiger charge is 2.37. The fourth-order valence-corrected chi connectivity index (χ4v) is 1.72. The van der Waals surface area contributed by atoms with Crippen LogP contribution in [0.4, 0.5) is 0 Å². The number of likely N-dealkylation sites (tertiary alicyclic amines) is 1. The van der Waals surface area contributed by atoms with Gasteiger partial charge in [-0.2, -0.15) is 0 Å². The molecule has 0 spiro atoms. The van der Waals surface area contributed by atoms with Crippen molar-refractivity contribution < 1.29 is 14.3 Å². The molecule has 1 atom stereocenters. The Morgan fingerprint density at radius 3 is 2.69 bits per heavy atom. The van der Waals surface area contributed by atoms with Crippen LogP contribution in [0.2, 0.25) is 0 Å². The van der Waals surface area contributed by atoms with Crippen LogP contribution in [0.15, 0.2) is 0 Å². The van der Waals surface area contributed by atoms with Crippen molar-refractivity contribution in [2.45, 2.75) is 38.8 Å². The number of esters is 1. The average Bonchev–Trinajstić information content (AvgIpc) is 2.45. The third kappa shape index (κ3) is 1.82. The molecule has 0 aromatic carbocycles. The summed E-state index contributed by atoms with van der Waals surface area (Å²) in [5.41, 5.74) is 0. The van der Waals surface area contributed by atoms with Gasteiger partial charge in [-0.05, 0) is 20.3 Å². The minimum Gasteiger partial charge on any atom is -0.467 e. The number of ether oxygens (including phenoxy) is 1. The lowest BCUT2D eigenvalue weighted by atomic mass is 10.2. The van der Waals surface area contributed by atoms with E-state index in [9.17, 15) is 9.59 Å². The Bertz CT molecular complexity index is 225. The van der Waals surface area contributed by atoms with E-state index in [2.05, 4.69) is 4.74 Å². The van der Waals surface area contributed by atoms with Crippen LogP contribution in [0.25, 0.3) is 0 Å². The second-order valence-corrected chi connectivity index (χ2v) is 3.47. The SMILES string of the molecule is COC(=O)C1CCC(=O)N1C(C)C. The van der Waals surface area contributed by atoms with Gasteiger partial charge in [0.25, 0.3) is 0 Å². The number of rotatable bonds is 2. The van der Waals surface area contributed by atoms with Crippen LogP contribution in [-0.4, -0.2) is 36.0 Å². The molecule has 1 unspecified atom stereocenters. The van der Waals surface area contributed by atoms with E-state index in [0.29, 0.717) is 12.8 Å². The highest BCUT2D eigenvalue weighted by Crippen LogP contribution is 2.22. The van der Waals surface area contributed by atoms with E-state index in [0.717, 1.165) is 0 Å². The molecule has 0 aliphatic carbocycles. The molecule has 1 saturated heterocycles. The van der Waals surface area contributed by atoms with Gasteiger partial charge in [0.05, 0.1) is 7.11 Å². The van der Waals surface area contributed by atoms with E-state index >= 15 is 0 Å². The molecule has 1 heterocycles. The summed E-state index contributed by atoms with van der Waals surface area (Å²) < 4.78 is 4.63. The molecular weight excluding hydrogens is 170 g/mol. The van der Waals surface area contributed by atoms with Crippen molar-refractivity contribution in [1.82, 2.24) is 4.90 Å². The molecule has 13 heavy (non-hydrogen) atoms. The molecule has 0 bridgehead atoms. The Morgan fingerprint density at radius 1 is 1.62 bits per heavy atom. The third-order valence-electron chi connectivity index (χ3n) is 2.29. The van der Waals surface area contributed by atoms with Crippen LogP contribution in [0, 0.1) is 0 Å². The molecule has 1 aliphatic rings. The molecule has 0 aromatic heterocycles. The van der Waals surface area contributed by atoms with Crippen molar-refractivity contribution in [2.24, 2.45) is 0 Å². The van der Waals surface area contributed by atoms with Gasteiger partial charge in [-0.15, -0.1) is 0 Å². The van der Waals surface area contributed by atoms with Gasteiger partial charge in [0, 0.05) is 12.5 Å². The van der Waals surface area contributed by atoms with Gasteiger partial charge in [-0.25, -0.2) is 4.79 Å². The van der Waals surface area contributed by atoms with Gasteiger partial charge in [0.2, 0.25) is 5.91 Å². The highest BCUT2D eigenvalue weighted by molar-refractivity contribution is 5.88. The van der Waals surface area contributed by atoms with Crippen molar-refractivity contribution in [3.05, 3.63) is 0 Å². The topological polar surface area (TPSA) is 46.6 Å². The molecule has 0 N–H and O–H groups in total. The second-order valence-electron chi connectivity index (χ2n) is 3.47. The minimum absolute atomic E-state index is 0.0467. The van der Waals surface area contributed by atoms with Gasteiger partial charge in [-0.1, -0.05) is 0 Å². The fourth-order valence-electron chi connectivity index (χ4n) is 1.72. The summed E-state index contributed by atoms with van der Waals surface area (Å²) in [6, 6.07) is -0.295. The van der Waals surface area contributed by atoms with Gasteiger partial charge in [0.1, 0.15) is 6.04 Å². The van der Waals surface area contributed by atoms with Crippen molar-refractivity contribution in [2.75, 3.05) is 7.11 Å². The van der Waals surface area contributed by atoms with Gasteiger partial charge < -0.3 is 9.64 Å². The molecule has 74 valence electrons. The van der Waals surface area contributed by atoms with Crippen LogP contribution in [-0.2, 0) is 14.3 Å². The lowest BCUT2D eigenvalue weighted by Gasteiger charge is -2.26. The van der Waals surface area contributed by atoms with Crippen LogP contribution >= 0.6 is 0 Å². The Labute approximate surface area is 77.8 Å². The van der Waals surface area contributed by atoms with Crippen molar-refractivity contribution in [1.29, 1.82) is 0 Å². The van der Waals surface area contributed by atoms with E-state index in [1.165, 1.54) is 7.11 Å². The maximum Gasteiger partial charge on any atom is 0.328 e. The summed E-state index contributed by atoms with van der Waals surface area (Å²) in [7, 11) is 1.35. The lowest BCUT2D eigenvalue weighted by Crippen LogP contribution is -2.43. The van der Waals surface area contributed by atoms with Crippen LogP contribution in [0.3, 0.4) is 0 Å².